The maximum atomic E-state index is 13.3. The van der Waals surface area contributed by atoms with E-state index in [4.69, 9.17) is 4.74 Å². The fourth-order valence-corrected chi connectivity index (χ4v) is 7.71. The van der Waals surface area contributed by atoms with E-state index in [1.54, 1.807) is 0 Å². The molecule has 6 atom stereocenters. The lowest BCUT2D eigenvalue weighted by Crippen LogP contribution is -2.64. The van der Waals surface area contributed by atoms with E-state index in [2.05, 4.69) is 20.4 Å². The van der Waals surface area contributed by atoms with E-state index in [1.807, 2.05) is 0 Å². The highest BCUT2D eigenvalue weighted by molar-refractivity contribution is 6.03. The fraction of sp³-hybridized carbons (Fsp3) is 0.818. The zero-order chi connectivity index (χ0) is 18.9. The van der Waals surface area contributed by atoms with Gasteiger partial charge < -0.3 is 9.84 Å². The molecule has 1 spiro atoms. The van der Waals surface area contributed by atoms with Crippen molar-refractivity contribution in [2.24, 2.45) is 34.0 Å². The van der Waals surface area contributed by atoms with E-state index in [9.17, 15) is 14.7 Å². The summed E-state index contributed by atoms with van der Waals surface area (Å²) in [5, 5.41) is 11.2. The Morgan fingerprint density at radius 2 is 2.04 bits per heavy atom. The predicted octanol–water partition coefficient (Wildman–Crippen LogP) is 3.67. The summed E-state index contributed by atoms with van der Waals surface area (Å²) in [5.41, 5.74) is 0.0809. The number of carbonyl (C=O) groups excluding carboxylic acids is 2. The second-order valence-electron chi connectivity index (χ2n) is 10.1. The number of ketones is 1. The Kier molecular flexibility index (Phi) is 3.97. The maximum Gasteiger partial charge on any atom is 0.302 e. The first kappa shape index (κ1) is 18.2. The number of esters is 1. The molecule has 4 fully saturated rings. The third-order valence-electron chi connectivity index (χ3n) is 8.50. The first-order chi connectivity index (χ1) is 12.1. The fourth-order valence-electron chi connectivity index (χ4n) is 7.71. The number of fused-ring (bicyclic) bond motifs is 3. The van der Waals surface area contributed by atoms with Crippen LogP contribution in [-0.2, 0) is 14.3 Å². The van der Waals surface area contributed by atoms with Gasteiger partial charge in [0, 0.05) is 23.7 Å². The molecule has 4 heteroatoms. The van der Waals surface area contributed by atoms with Crippen LogP contribution < -0.4 is 0 Å². The molecule has 0 heterocycles. The second-order valence-corrected chi connectivity index (χ2v) is 10.1. The SMILES string of the molecule is C=C1C(=O)C23CCC4C(C)(C)CCCC4(COC(C)=O)C2C(O)CC1C3. The number of allylic oxidation sites excluding steroid dienone is 1. The zero-order valence-corrected chi connectivity index (χ0v) is 16.3. The standard InChI is InChI=1S/C22H32O4/c1-13-15-10-16(24)18-21(11-15,19(13)25)9-6-17-20(3,4)7-5-8-22(17,18)12-26-14(2)23/h15-18,24H,1,5-12H2,2-4H3. The van der Waals surface area contributed by atoms with Crippen LogP contribution in [0.3, 0.4) is 0 Å². The van der Waals surface area contributed by atoms with Crippen molar-refractivity contribution in [3.63, 3.8) is 0 Å². The molecule has 4 aliphatic carbocycles. The van der Waals surface area contributed by atoms with Gasteiger partial charge in [0.05, 0.1) is 12.7 Å². The van der Waals surface area contributed by atoms with Crippen LogP contribution in [0, 0.1) is 34.0 Å². The van der Waals surface area contributed by atoms with E-state index in [1.165, 1.54) is 6.92 Å². The highest BCUT2D eigenvalue weighted by Crippen LogP contribution is 2.71. The maximum absolute atomic E-state index is 13.3. The summed E-state index contributed by atoms with van der Waals surface area (Å²) in [4.78, 5) is 25.0. The minimum Gasteiger partial charge on any atom is -0.465 e. The Balaban J connectivity index is 1.84. The third-order valence-corrected chi connectivity index (χ3v) is 8.50. The molecule has 1 N–H and O–H groups in total. The lowest BCUT2D eigenvalue weighted by Gasteiger charge is -2.64. The third kappa shape index (κ3) is 2.23. The van der Waals surface area contributed by atoms with E-state index in [0.717, 1.165) is 44.1 Å². The van der Waals surface area contributed by atoms with Crippen LogP contribution >= 0.6 is 0 Å². The summed E-state index contributed by atoms with van der Waals surface area (Å²) in [5.74, 6) is 0.300. The minimum absolute atomic E-state index is 0.115. The summed E-state index contributed by atoms with van der Waals surface area (Å²) in [6.45, 7) is 10.5. The Hall–Kier alpha value is -1.16. The number of aliphatic hydroxyl groups excluding tert-OH is 1. The number of hydrogen-bond acceptors (Lipinski definition) is 4. The molecule has 0 saturated heterocycles. The number of carbonyl (C=O) groups is 2. The van der Waals surface area contributed by atoms with E-state index in [0.29, 0.717) is 18.9 Å². The van der Waals surface area contributed by atoms with Crippen molar-refractivity contribution in [2.45, 2.75) is 71.8 Å². The molecule has 0 aliphatic heterocycles. The monoisotopic (exact) mass is 360 g/mol. The first-order valence-electron chi connectivity index (χ1n) is 10.2. The second kappa shape index (κ2) is 5.67. The van der Waals surface area contributed by atoms with Gasteiger partial charge in [-0.05, 0) is 61.3 Å². The van der Waals surface area contributed by atoms with Gasteiger partial charge in [0.1, 0.15) is 0 Å². The smallest absolute Gasteiger partial charge is 0.302 e. The molecular weight excluding hydrogens is 328 g/mol. The zero-order valence-electron chi connectivity index (χ0n) is 16.3. The van der Waals surface area contributed by atoms with Crippen LogP contribution in [0.4, 0.5) is 0 Å². The van der Waals surface area contributed by atoms with Crippen LogP contribution in [0.5, 0.6) is 0 Å². The van der Waals surface area contributed by atoms with Gasteiger partial charge in [0.25, 0.3) is 0 Å². The Morgan fingerprint density at radius 3 is 2.73 bits per heavy atom. The molecule has 0 radical (unpaired) electrons. The van der Waals surface area contributed by atoms with Crippen LogP contribution in [0.2, 0.25) is 0 Å². The summed E-state index contributed by atoms with van der Waals surface area (Å²) in [6, 6.07) is 0. The van der Waals surface area contributed by atoms with Gasteiger partial charge in [0.2, 0.25) is 0 Å². The normalized spacial score (nSPS) is 46.5. The van der Waals surface area contributed by atoms with Crippen molar-refractivity contribution >= 4 is 11.8 Å². The van der Waals surface area contributed by atoms with Crippen LogP contribution in [0.15, 0.2) is 12.2 Å². The van der Waals surface area contributed by atoms with Crippen molar-refractivity contribution in [1.29, 1.82) is 0 Å². The van der Waals surface area contributed by atoms with Crippen molar-refractivity contribution in [3.8, 4) is 0 Å². The predicted molar refractivity (Wildman–Crippen MR) is 98.2 cm³/mol. The lowest BCUT2D eigenvalue weighted by molar-refractivity contribution is -0.212. The molecule has 0 amide bonds. The summed E-state index contributed by atoms with van der Waals surface area (Å²) in [7, 11) is 0. The number of hydrogen-bond donors (Lipinski definition) is 1. The molecule has 4 aliphatic rings. The van der Waals surface area contributed by atoms with Gasteiger partial charge in [-0.3, -0.25) is 9.59 Å². The number of ether oxygens (including phenoxy) is 1. The molecular formula is C22H32O4. The topological polar surface area (TPSA) is 63.6 Å². The van der Waals surface area contributed by atoms with Gasteiger partial charge >= 0.3 is 5.97 Å². The molecule has 0 aromatic carbocycles. The summed E-state index contributed by atoms with van der Waals surface area (Å²) in [6.07, 6.45) is 5.92. The molecule has 4 nitrogen and oxygen atoms in total. The summed E-state index contributed by atoms with van der Waals surface area (Å²) < 4.78 is 5.61. The van der Waals surface area contributed by atoms with E-state index in [-0.39, 0.29) is 34.4 Å². The van der Waals surface area contributed by atoms with E-state index >= 15 is 0 Å². The van der Waals surface area contributed by atoms with Gasteiger partial charge in [-0.2, -0.15) is 0 Å². The van der Waals surface area contributed by atoms with Gasteiger partial charge in [-0.1, -0.05) is 26.8 Å². The highest BCUT2D eigenvalue weighted by atomic mass is 16.5. The van der Waals surface area contributed by atoms with Crippen LogP contribution in [0.25, 0.3) is 0 Å². The Labute approximate surface area is 156 Å². The number of Topliss-reactive ketones (excluding diaryl/α,β-unsaturated/α-hetero) is 1. The number of aliphatic hydroxyl groups is 1. The Morgan fingerprint density at radius 1 is 1.31 bits per heavy atom. The van der Waals surface area contributed by atoms with Gasteiger partial charge in [0.15, 0.2) is 5.78 Å². The van der Waals surface area contributed by atoms with Gasteiger partial charge in [-0.15, -0.1) is 0 Å². The first-order valence-corrected chi connectivity index (χ1v) is 10.2. The van der Waals surface area contributed by atoms with Crippen LogP contribution in [0.1, 0.15) is 65.7 Å². The molecule has 4 saturated carbocycles. The van der Waals surface area contributed by atoms with Crippen molar-refractivity contribution in [2.75, 3.05) is 6.61 Å². The van der Waals surface area contributed by atoms with Crippen molar-refractivity contribution < 1.29 is 19.4 Å². The molecule has 0 aromatic heterocycles. The Bertz CT molecular complexity index is 665. The highest BCUT2D eigenvalue weighted by Gasteiger charge is 2.70. The average molecular weight is 360 g/mol. The largest absolute Gasteiger partial charge is 0.465 e. The summed E-state index contributed by atoms with van der Waals surface area (Å²) >= 11 is 0. The van der Waals surface area contributed by atoms with E-state index < -0.39 is 11.5 Å². The number of rotatable bonds is 2. The average Bonchev–Trinajstić information content (AvgIpc) is 2.74. The lowest BCUT2D eigenvalue weighted by atomic mass is 9.40. The molecule has 6 unspecified atom stereocenters. The quantitative estimate of drug-likeness (QED) is 0.603. The molecule has 4 rings (SSSR count). The van der Waals surface area contributed by atoms with Crippen LogP contribution in [-0.4, -0.2) is 29.6 Å². The molecule has 0 aromatic rings. The van der Waals surface area contributed by atoms with Crippen molar-refractivity contribution in [1.82, 2.24) is 0 Å². The van der Waals surface area contributed by atoms with Crippen molar-refractivity contribution in [3.05, 3.63) is 12.2 Å². The van der Waals surface area contributed by atoms with Gasteiger partial charge in [-0.25, -0.2) is 0 Å². The molecule has 2 bridgehead atoms. The molecule has 144 valence electrons. The molecule has 26 heavy (non-hydrogen) atoms. The minimum atomic E-state index is -0.510.